The zero-order chi connectivity index (χ0) is 14.7. The van der Waals surface area contributed by atoms with E-state index in [1.165, 1.54) is 5.56 Å². The number of rotatable bonds is 3. The van der Waals surface area contributed by atoms with Crippen LogP contribution in [-0.4, -0.2) is 49.2 Å². The highest BCUT2D eigenvalue weighted by molar-refractivity contribution is 5.85. The fraction of sp³-hybridized carbons (Fsp3) is 0.588. The molecule has 0 bridgehead atoms. The normalized spacial score (nSPS) is 28.2. The Morgan fingerprint density at radius 2 is 2.14 bits per heavy atom. The molecule has 0 saturated carbocycles. The van der Waals surface area contributed by atoms with E-state index in [1.807, 2.05) is 11.0 Å². The first-order chi connectivity index (χ1) is 10.3. The van der Waals surface area contributed by atoms with Crippen LogP contribution >= 0.6 is 12.4 Å². The van der Waals surface area contributed by atoms with Gasteiger partial charge in [0, 0.05) is 25.7 Å². The third kappa shape index (κ3) is 3.80. The van der Waals surface area contributed by atoms with Crippen molar-refractivity contribution in [2.75, 3.05) is 26.2 Å². The third-order valence-electron chi connectivity index (χ3n) is 4.74. The number of morpholine rings is 1. The van der Waals surface area contributed by atoms with Crippen LogP contribution in [0.2, 0.25) is 0 Å². The summed E-state index contributed by atoms with van der Waals surface area (Å²) in [7, 11) is 0. The number of carbonyl (C=O) groups excluding carboxylic acids is 1. The largest absolute Gasteiger partial charge is 0.366 e. The molecule has 3 rings (SSSR count). The highest BCUT2D eigenvalue weighted by Gasteiger charge is 2.37. The third-order valence-corrected chi connectivity index (χ3v) is 4.74. The Hall–Kier alpha value is -1.10. The minimum absolute atomic E-state index is 0. The molecular weight excluding hydrogens is 300 g/mol. The minimum atomic E-state index is -0.295. The molecule has 0 radical (unpaired) electrons. The molecule has 0 spiro atoms. The second kappa shape index (κ2) is 7.95. The van der Waals surface area contributed by atoms with E-state index in [4.69, 9.17) is 4.74 Å². The van der Waals surface area contributed by atoms with Crippen molar-refractivity contribution in [1.29, 1.82) is 0 Å². The first-order valence-electron chi connectivity index (χ1n) is 7.92. The van der Waals surface area contributed by atoms with Crippen molar-refractivity contribution >= 4 is 18.3 Å². The molecule has 22 heavy (non-hydrogen) atoms. The van der Waals surface area contributed by atoms with E-state index in [2.05, 4.69) is 36.5 Å². The Labute approximate surface area is 138 Å². The van der Waals surface area contributed by atoms with Crippen molar-refractivity contribution in [1.82, 2.24) is 10.2 Å². The number of hydrogen-bond donors (Lipinski definition) is 1. The summed E-state index contributed by atoms with van der Waals surface area (Å²) < 4.78 is 5.60. The summed E-state index contributed by atoms with van der Waals surface area (Å²) in [6.07, 6.45) is 1.84. The summed E-state index contributed by atoms with van der Waals surface area (Å²) in [6, 6.07) is 10.9. The van der Waals surface area contributed by atoms with Gasteiger partial charge in [-0.3, -0.25) is 4.79 Å². The average molecular weight is 325 g/mol. The van der Waals surface area contributed by atoms with Crippen LogP contribution in [0.3, 0.4) is 0 Å². The molecule has 1 N–H and O–H groups in total. The highest BCUT2D eigenvalue weighted by Crippen LogP contribution is 2.28. The number of nitrogens with one attached hydrogen (secondary N) is 1. The van der Waals surface area contributed by atoms with Crippen LogP contribution in [0.4, 0.5) is 0 Å². The zero-order valence-electron chi connectivity index (χ0n) is 13.0. The van der Waals surface area contributed by atoms with Crippen molar-refractivity contribution in [2.45, 2.75) is 31.9 Å². The number of carbonyl (C=O) groups is 1. The second-order valence-corrected chi connectivity index (χ2v) is 6.07. The number of benzene rings is 1. The van der Waals surface area contributed by atoms with Crippen LogP contribution < -0.4 is 5.32 Å². The summed E-state index contributed by atoms with van der Waals surface area (Å²) in [5.74, 6) is 0.707. The molecule has 122 valence electrons. The highest BCUT2D eigenvalue weighted by atomic mass is 35.5. The topological polar surface area (TPSA) is 41.6 Å². The van der Waals surface area contributed by atoms with Crippen molar-refractivity contribution in [2.24, 2.45) is 5.92 Å². The van der Waals surface area contributed by atoms with Crippen LogP contribution in [0.5, 0.6) is 0 Å². The Morgan fingerprint density at radius 1 is 1.36 bits per heavy atom. The van der Waals surface area contributed by atoms with Crippen LogP contribution in [0.1, 0.15) is 18.9 Å². The lowest BCUT2D eigenvalue weighted by Crippen LogP contribution is -2.50. The minimum Gasteiger partial charge on any atom is -0.366 e. The van der Waals surface area contributed by atoms with E-state index in [-0.39, 0.29) is 24.4 Å². The van der Waals surface area contributed by atoms with Gasteiger partial charge in [-0.05, 0) is 31.2 Å². The molecule has 4 nitrogen and oxygen atoms in total. The standard InChI is InChI=1S/C17H24N2O2.ClH/c1-13-15(11-14-5-3-2-4-6-14)7-9-19(13)17(20)16-12-18-8-10-21-16;/h2-6,13,15-16,18H,7-12H2,1H3;1H. The Balaban J connectivity index is 0.00000176. The first-order valence-corrected chi connectivity index (χ1v) is 7.92. The average Bonchev–Trinajstić information content (AvgIpc) is 2.89. The predicted molar refractivity (Wildman–Crippen MR) is 89.3 cm³/mol. The molecule has 2 aliphatic heterocycles. The van der Waals surface area contributed by atoms with Gasteiger partial charge >= 0.3 is 0 Å². The number of hydrogen-bond acceptors (Lipinski definition) is 3. The van der Waals surface area contributed by atoms with E-state index in [0.29, 0.717) is 25.1 Å². The lowest BCUT2D eigenvalue weighted by molar-refractivity contribution is -0.146. The molecule has 2 fully saturated rings. The van der Waals surface area contributed by atoms with Gasteiger partial charge in [0.15, 0.2) is 0 Å². The van der Waals surface area contributed by atoms with E-state index in [1.54, 1.807) is 0 Å². The van der Waals surface area contributed by atoms with Crippen LogP contribution in [0.25, 0.3) is 0 Å². The van der Waals surface area contributed by atoms with Gasteiger partial charge in [0.2, 0.25) is 0 Å². The summed E-state index contributed by atoms with van der Waals surface area (Å²) >= 11 is 0. The molecule has 3 atom stereocenters. The van der Waals surface area contributed by atoms with Crippen molar-refractivity contribution < 1.29 is 9.53 Å². The lowest BCUT2D eigenvalue weighted by atomic mass is 9.93. The SMILES string of the molecule is CC1C(Cc2ccccc2)CCN1C(=O)C1CNCCO1.Cl. The fourth-order valence-electron chi connectivity index (χ4n) is 3.41. The Bertz CT molecular complexity index is 477. The van der Waals surface area contributed by atoms with Gasteiger partial charge in [0.1, 0.15) is 6.10 Å². The molecule has 3 unspecified atom stereocenters. The monoisotopic (exact) mass is 324 g/mol. The Kier molecular flexibility index (Phi) is 6.24. The van der Waals surface area contributed by atoms with Gasteiger partial charge in [0.25, 0.3) is 5.91 Å². The van der Waals surface area contributed by atoms with Crippen molar-refractivity contribution in [3.05, 3.63) is 35.9 Å². The van der Waals surface area contributed by atoms with E-state index in [9.17, 15) is 4.79 Å². The maximum Gasteiger partial charge on any atom is 0.253 e. The van der Waals surface area contributed by atoms with Gasteiger partial charge in [-0.1, -0.05) is 30.3 Å². The Morgan fingerprint density at radius 3 is 2.82 bits per heavy atom. The van der Waals surface area contributed by atoms with E-state index in [0.717, 1.165) is 25.9 Å². The molecule has 1 amide bonds. The molecule has 5 heteroatoms. The number of amides is 1. The number of nitrogens with zero attached hydrogens (tertiary/aromatic N) is 1. The molecule has 1 aromatic carbocycles. The number of halogens is 1. The molecular formula is C17H25ClN2O2. The summed E-state index contributed by atoms with van der Waals surface area (Å²) in [6.45, 7) is 5.15. The van der Waals surface area contributed by atoms with Crippen LogP contribution in [-0.2, 0) is 16.0 Å². The van der Waals surface area contributed by atoms with Gasteiger partial charge in [-0.25, -0.2) is 0 Å². The molecule has 2 saturated heterocycles. The summed E-state index contributed by atoms with van der Waals surface area (Å²) in [4.78, 5) is 14.6. The zero-order valence-corrected chi connectivity index (χ0v) is 13.8. The van der Waals surface area contributed by atoms with Gasteiger partial charge in [-0.15, -0.1) is 12.4 Å². The van der Waals surface area contributed by atoms with Gasteiger partial charge < -0.3 is 15.0 Å². The number of ether oxygens (including phenoxy) is 1. The lowest BCUT2D eigenvalue weighted by Gasteiger charge is -2.31. The summed E-state index contributed by atoms with van der Waals surface area (Å²) in [5, 5.41) is 3.23. The summed E-state index contributed by atoms with van der Waals surface area (Å²) in [5.41, 5.74) is 1.36. The predicted octanol–water partition coefficient (Wildman–Crippen LogP) is 1.88. The van der Waals surface area contributed by atoms with Crippen LogP contribution in [0, 0.1) is 5.92 Å². The van der Waals surface area contributed by atoms with Gasteiger partial charge in [0.05, 0.1) is 6.61 Å². The molecule has 0 aromatic heterocycles. The van der Waals surface area contributed by atoms with E-state index < -0.39 is 0 Å². The molecule has 2 heterocycles. The maximum absolute atomic E-state index is 12.6. The van der Waals surface area contributed by atoms with Crippen molar-refractivity contribution in [3.63, 3.8) is 0 Å². The second-order valence-electron chi connectivity index (χ2n) is 6.07. The number of likely N-dealkylation sites (tertiary alicyclic amines) is 1. The van der Waals surface area contributed by atoms with Gasteiger partial charge in [-0.2, -0.15) is 0 Å². The molecule has 2 aliphatic rings. The fourth-order valence-corrected chi connectivity index (χ4v) is 3.41. The van der Waals surface area contributed by atoms with E-state index >= 15 is 0 Å². The van der Waals surface area contributed by atoms with Crippen molar-refractivity contribution in [3.8, 4) is 0 Å². The quantitative estimate of drug-likeness (QED) is 0.923. The first kappa shape index (κ1) is 17.3. The smallest absolute Gasteiger partial charge is 0.253 e. The molecule has 1 aromatic rings. The molecule has 0 aliphatic carbocycles. The maximum atomic E-state index is 12.6. The van der Waals surface area contributed by atoms with Crippen LogP contribution in [0.15, 0.2) is 30.3 Å².